The molecule has 4 nitrogen and oxygen atoms in total. The number of rotatable bonds is 3. The predicted molar refractivity (Wildman–Crippen MR) is 75.9 cm³/mol. The predicted octanol–water partition coefficient (Wildman–Crippen LogP) is 2.67. The summed E-state index contributed by atoms with van der Waals surface area (Å²) in [6.45, 7) is 4.28. The first kappa shape index (κ1) is 13.4. The van der Waals surface area contributed by atoms with Crippen LogP contribution in [0.3, 0.4) is 0 Å². The Bertz CT molecular complexity index is 490. The molecule has 1 amide bonds. The van der Waals surface area contributed by atoms with Crippen LogP contribution in [0, 0.1) is 0 Å². The Morgan fingerprint density at radius 3 is 2.83 bits per heavy atom. The van der Waals surface area contributed by atoms with Crippen LogP contribution in [-0.4, -0.2) is 24.1 Å². The molecule has 0 aromatic heterocycles. The van der Waals surface area contributed by atoms with Gasteiger partial charge in [-0.3, -0.25) is 4.79 Å². The SMILES string of the molecule is CCC(C)N(C)c1cc2c(cc1Br)C(O)C(=O)N2. The molecular formula is C13H17BrN2O2. The van der Waals surface area contributed by atoms with Gasteiger partial charge in [-0.05, 0) is 41.4 Å². The first-order chi connectivity index (χ1) is 8.45. The molecule has 98 valence electrons. The summed E-state index contributed by atoms with van der Waals surface area (Å²) in [4.78, 5) is 13.6. The van der Waals surface area contributed by atoms with Crippen molar-refractivity contribution in [2.45, 2.75) is 32.4 Å². The molecule has 0 bridgehead atoms. The van der Waals surface area contributed by atoms with Crippen molar-refractivity contribution in [3.05, 3.63) is 22.2 Å². The van der Waals surface area contributed by atoms with Gasteiger partial charge in [-0.25, -0.2) is 0 Å². The van der Waals surface area contributed by atoms with Crippen molar-refractivity contribution >= 4 is 33.2 Å². The van der Waals surface area contributed by atoms with Crippen LogP contribution in [-0.2, 0) is 4.79 Å². The number of hydrogen-bond donors (Lipinski definition) is 2. The van der Waals surface area contributed by atoms with Gasteiger partial charge in [0.1, 0.15) is 0 Å². The highest BCUT2D eigenvalue weighted by Crippen LogP contribution is 2.39. The first-order valence-corrected chi connectivity index (χ1v) is 6.80. The zero-order valence-electron chi connectivity index (χ0n) is 10.7. The lowest BCUT2D eigenvalue weighted by atomic mass is 10.1. The zero-order chi connectivity index (χ0) is 13.4. The summed E-state index contributed by atoms with van der Waals surface area (Å²) >= 11 is 3.50. The molecule has 2 rings (SSSR count). The number of aliphatic hydroxyl groups is 1. The average molecular weight is 313 g/mol. The van der Waals surface area contributed by atoms with E-state index in [1.165, 1.54) is 0 Å². The van der Waals surface area contributed by atoms with E-state index in [0.717, 1.165) is 16.6 Å². The number of carbonyl (C=O) groups is 1. The number of nitrogens with zero attached hydrogens (tertiary/aromatic N) is 1. The number of carbonyl (C=O) groups excluding carboxylic acids is 1. The van der Waals surface area contributed by atoms with Crippen LogP contribution in [0.1, 0.15) is 31.9 Å². The Kier molecular flexibility index (Phi) is 3.64. The highest BCUT2D eigenvalue weighted by atomic mass is 79.9. The normalized spacial score (nSPS) is 19.4. The van der Waals surface area contributed by atoms with Gasteiger partial charge < -0.3 is 15.3 Å². The van der Waals surface area contributed by atoms with Gasteiger partial charge in [0.25, 0.3) is 5.91 Å². The topological polar surface area (TPSA) is 52.6 Å². The summed E-state index contributed by atoms with van der Waals surface area (Å²) in [6, 6.07) is 4.12. The van der Waals surface area contributed by atoms with Crippen molar-refractivity contribution in [2.75, 3.05) is 17.3 Å². The molecule has 0 aliphatic carbocycles. The minimum absolute atomic E-state index is 0.361. The maximum Gasteiger partial charge on any atom is 0.257 e. The molecular weight excluding hydrogens is 296 g/mol. The molecule has 5 heteroatoms. The second-order valence-electron chi connectivity index (χ2n) is 4.65. The Hall–Kier alpha value is -1.07. The number of anilines is 2. The number of amides is 1. The summed E-state index contributed by atoms with van der Waals surface area (Å²) < 4.78 is 0.889. The van der Waals surface area contributed by atoms with Crippen molar-refractivity contribution in [1.82, 2.24) is 0 Å². The molecule has 1 aliphatic rings. The lowest BCUT2D eigenvalue weighted by molar-refractivity contribution is -0.123. The van der Waals surface area contributed by atoms with Gasteiger partial charge in [-0.2, -0.15) is 0 Å². The minimum Gasteiger partial charge on any atom is -0.378 e. The van der Waals surface area contributed by atoms with E-state index < -0.39 is 6.10 Å². The van der Waals surface area contributed by atoms with Crippen LogP contribution >= 0.6 is 15.9 Å². The molecule has 0 radical (unpaired) electrons. The molecule has 1 aromatic rings. The smallest absolute Gasteiger partial charge is 0.257 e. The van der Waals surface area contributed by atoms with Crippen molar-refractivity contribution < 1.29 is 9.90 Å². The summed E-state index contributed by atoms with van der Waals surface area (Å²) in [5, 5.41) is 12.4. The highest BCUT2D eigenvalue weighted by molar-refractivity contribution is 9.10. The number of hydrogen-bond acceptors (Lipinski definition) is 3. The third-order valence-electron chi connectivity index (χ3n) is 3.55. The number of benzene rings is 1. The van der Waals surface area contributed by atoms with E-state index in [0.29, 0.717) is 17.3 Å². The van der Waals surface area contributed by atoms with Crippen molar-refractivity contribution in [3.8, 4) is 0 Å². The van der Waals surface area contributed by atoms with Gasteiger partial charge in [0.15, 0.2) is 6.10 Å². The maximum absolute atomic E-state index is 11.4. The Morgan fingerprint density at radius 1 is 1.56 bits per heavy atom. The first-order valence-electron chi connectivity index (χ1n) is 6.01. The molecule has 1 aromatic carbocycles. The van der Waals surface area contributed by atoms with Crippen molar-refractivity contribution in [2.24, 2.45) is 0 Å². The Balaban J connectivity index is 2.41. The van der Waals surface area contributed by atoms with Gasteiger partial charge in [0.2, 0.25) is 0 Å². The monoisotopic (exact) mass is 312 g/mol. The largest absolute Gasteiger partial charge is 0.378 e. The van der Waals surface area contributed by atoms with Gasteiger partial charge in [-0.15, -0.1) is 0 Å². The van der Waals surface area contributed by atoms with E-state index in [9.17, 15) is 9.90 Å². The standard InChI is InChI=1S/C13H17BrN2O2/c1-4-7(2)16(3)11-6-10-8(5-9(11)14)12(17)13(18)15-10/h5-7,12,17H,4H2,1-3H3,(H,15,18). The highest BCUT2D eigenvalue weighted by Gasteiger charge is 2.30. The second-order valence-corrected chi connectivity index (χ2v) is 5.51. The van der Waals surface area contributed by atoms with E-state index in [1.807, 2.05) is 19.2 Å². The number of halogens is 1. The molecule has 18 heavy (non-hydrogen) atoms. The molecule has 0 spiro atoms. The van der Waals surface area contributed by atoms with E-state index in [-0.39, 0.29) is 5.91 Å². The summed E-state index contributed by atoms with van der Waals surface area (Å²) in [5.41, 5.74) is 2.34. The third kappa shape index (κ3) is 2.12. The van der Waals surface area contributed by atoms with E-state index in [2.05, 4.69) is 40.0 Å². The molecule has 2 atom stereocenters. The molecule has 0 saturated heterocycles. The van der Waals surface area contributed by atoms with Gasteiger partial charge >= 0.3 is 0 Å². The zero-order valence-corrected chi connectivity index (χ0v) is 12.3. The fourth-order valence-electron chi connectivity index (χ4n) is 2.04. The van der Waals surface area contributed by atoms with Crippen LogP contribution < -0.4 is 10.2 Å². The lowest BCUT2D eigenvalue weighted by Crippen LogP contribution is -2.28. The van der Waals surface area contributed by atoms with E-state index >= 15 is 0 Å². The quantitative estimate of drug-likeness (QED) is 0.902. The van der Waals surface area contributed by atoms with Gasteiger partial charge in [0.05, 0.1) is 5.69 Å². The Morgan fingerprint density at radius 2 is 2.22 bits per heavy atom. The summed E-state index contributed by atoms with van der Waals surface area (Å²) in [5.74, 6) is -0.361. The van der Waals surface area contributed by atoms with Crippen LogP contribution in [0.5, 0.6) is 0 Å². The van der Waals surface area contributed by atoms with E-state index in [4.69, 9.17) is 0 Å². The molecule has 2 unspecified atom stereocenters. The van der Waals surface area contributed by atoms with Crippen LogP contribution in [0.2, 0.25) is 0 Å². The minimum atomic E-state index is -1.06. The molecule has 1 heterocycles. The van der Waals surface area contributed by atoms with E-state index in [1.54, 1.807) is 0 Å². The van der Waals surface area contributed by atoms with Crippen LogP contribution in [0.25, 0.3) is 0 Å². The third-order valence-corrected chi connectivity index (χ3v) is 4.19. The molecule has 0 fully saturated rings. The summed E-state index contributed by atoms with van der Waals surface area (Å²) in [6.07, 6.45) is -0.0195. The van der Waals surface area contributed by atoms with Gasteiger partial charge in [-0.1, -0.05) is 6.92 Å². The molecule has 0 saturated carbocycles. The molecule has 1 aliphatic heterocycles. The number of aliphatic hydroxyl groups excluding tert-OH is 1. The summed E-state index contributed by atoms with van der Waals surface area (Å²) in [7, 11) is 2.02. The maximum atomic E-state index is 11.4. The van der Waals surface area contributed by atoms with Crippen LogP contribution in [0.15, 0.2) is 16.6 Å². The number of nitrogens with one attached hydrogen (secondary N) is 1. The van der Waals surface area contributed by atoms with Crippen molar-refractivity contribution in [1.29, 1.82) is 0 Å². The fourth-order valence-corrected chi connectivity index (χ4v) is 2.68. The Labute approximate surface area is 115 Å². The fraction of sp³-hybridized carbons (Fsp3) is 0.462. The van der Waals surface area contributed by atoms with Crippen molar-refractivity contribution in [3.63, 3.8) is 0 Å². The average Bonchev–Trinajstić information content (AvgIpc) is 2.63. The van der Waals surface area contributed by atoms with Gasteiger partial charge in [0, 0.05) is 28.8 Å². The number of fused-ring (bicyclic) bond motifs is 1. The molecule has 2 N–H and O–H groups in total. The second kappa shape index (κ2) is 4.90. The van der Waals surface area contributed by atoms with Crippen LogP contribution in [0.4, 0.5) is 11.4 Å². The lowest BCUT2D eigenvalue weighted by Gasteiger charge is -2.27.